The summed E-state index contributed by atoms with van der Waals surface area (Å²) >= 11 is 0. The molecule has 3 aromatic rings. The molecule has 1 aromatic carbocycles. The Morgan fingerprint density at radius 1 is 1.19 bits per heavy atom. The number of anilines is 2. The number of morpholine rings is 1. The molecule has 0 spiro atoms. The average molecular weight is 450 g/mol. The number of nitrogens with one attached hydrogen (secondary N) is 3. The van der Waals surface area contributed by atoms with Crippen molar-refractivity contribution in [3.63, 3.8) is 0 Å². The summed E-state index contributed by atoms with van der Waals surface area (Å²) in [7, 11) is 1.55. The lowest BCUT2D eigenvalue weighted by Gasteiger charge is -2.24. The second-order valence-corrected chi connectivity index (χ2v) is 6.92. The molecule has 1 atom stereocenters. The van der Waals surface area contributed by atoms with Gasteiger partial charge in [0.1, 0.15) is 30.0 Å². The van der Waals surface area contributed by atoms with Crippen molar-refractivity contribution in [2.75, 3.05) is 38.7 Å². The Kier molecular flexibility index (Phi) is 6.42. The summed E-state index contributed by atoms with van der Waals surface area (Å²) < 4.78 is 55.1. The van der Waals surface area contributed by atoms with E-state index in [9.17, 15) is 13.2 Å². The monoisotopic (exact) mass is 450 g/mol. The van der Waals surface area contributed by atoms with E-state index in [0.29, 0.717) is 54.5 Å². The zero-order valence-corrected chi connectivity index (χ0v) is 17.1. The van der Waals surface area contributed by atoms with Crippen LogP contribution < -0.4 is 20.1 Å². The summed E-state index contributed by atoms with van der Waals surface area (Å²) in [5, 5.41) is 13.1. The molecule has 3 N–H and O–H groups in total. The first-order valence-corrected chi connectivity index (χ1v) is 9.78. The molecule has 12 heteroatoms. The van der Waals surface area contributed by atoms with Gasteiger partial charge >= 0.3 is 6.18 Å². The maximum absolute atomic E-state index is 12.7. The van der Waals surface area contributed by atoms with E-state index in [1.54, 1.807) is 19.2 Å². The average Bonchev–Trinajstić information content (AvgIpc) is 3.25. The summed E-state index contributed by atoms with van der Waals surface area (Å²) in [6, 6.07) is 7.08. The van der Waals surface area contributed by atoms with Crippen LogP contribution in [0.4, 0.5) is 24.8 Å². The van der Waals surface area contributed by atoms with Crippen LogP contribution in [0.2, 0.25) is 0 Å². The fourth-order valence-electron chi connectivity index (χ4n) is 3.16. The highest BCUT2D eigenvalue weighted by Gasteiger charge is 2.32. The van der Waals surface area contributed by atoms with Gasteiger partial charge in [-0.1, -0.05) is 6.07 Å². The molecule has 2 aromatic heterocycles. The first-order valence-electron chi connectivity index (χ1n) is 9.78. The van der Waals surface area contributed by atoms with Crippen LogP contribution in [0, 0.1) is 0 Å². The smallest absolute Gasteiger partial charge is 0.434 e. The maximum atomic E-state index is 12.7. The van der Waals surface area contributed by atoms with Crippen molar-refractivity contribution in [2.45, 2.75) is 12.3 Å². The Morgan fingerprint density at radius 3 is 2.72 bits per heavy atom. The van der Waals surface area contributed by atoms with Gasteiger partial charge in [-0.3, -0.25) is 5.10 Å². The van der Waals surface area contributed by atoms with Gasteiger partial charge in [0.15, 0.2) is 11.5 Å². The van der Waals surface area contributed by atoms with E-state index in [2.05, 4.69) is 30.8 Å². The molecule has 32 heavy (non-hydrogen) atoms. The number of rotatable bonds is 7. The van der Waals surface area contributed by atoms with E-state index < -0.39 is 11.9 Å². The Labute approximate surface area is 181 Å². The second-order valence-electron chi connectivity index (χ2n) is 6.92. The zero-order valence-electron chi connectivity index (χ0n) is 17.1. The lowest BCUT2D eigenvalue weighted by Crippen LogP contribution is -2.41. The van der Waals surface area contributed by atoms with Gasteiger partial charge in [-0.25, -0.2) is 9.97 Å². The topological polar surface area (TPSA) is 106 Å². The van der Waals surface area contributed by atoms with Crippen molar-refractivity contribution >= 4 is 11.6 Å². The minimum atomic E-state index is -4.55. The number of methoxy groups -OCH3 is 1. The van der Waals surface area contributed by atoms with Gasteiger partial charge in [0, 0.05) is 19.2 Å². The third-order valence-electron chi connectivity index (χ3n) is 4.68. The number of aromatic nitrogens is 4. The third kappa shape index (κ3) is 5.08. The molecule has 1 aliphatic heterocycles. The molecule has 1 unspecified atom stereocenters. The predicted molar refractivity (Wildman–Crippen MR) is 109 cm³/mol. The Bertz CT molecular complexity index is 1040. The molecule has 1 fully saturated rings. The van der Waals surface area contributed by atoms with Crippen LogP contribution in [0.25, 0.3) is 11.3 Å². The number of nitrogens with zero attached hydrogens (tertiary/aromatic N) is 3. The van der Waals surface area contributed by atoms with Crippen LogP contribution in [0.5, 0.6) is 11.5 Å². The minimum absolute atomic E-state index is 0.0694. The van der Waals surface area contributed by atoms with Gasteiger partial charge in [0.2, 0.25) is 0 Å². The Hall–Kier alpha value is -3.38. The molecular formula is C20H21F3N6O3. The SMILES string of the molecule is COc1cccc(OCC2CNCCO2)c1-c1cc(Nc2cnc(C(F)(F)F)cn2)n[nH]1. The van der Waals surface area contributed by atoms with E-state index in [-0.39, 0.29) is 11.9 Å². The number of hydrogen-bond acceptors (Lipinski definition) is 8. The normalized spacial score (nSPS) is 16.6. The predicted octanol–water partition coefficient (Wildman–Crippen LogP) is 3.00. The molecule has 0 aliphatic carbocycles. The van der Waals surface area contributed by atoms with Crippen molar-refractivity contribution in [3.05, 3.63) is 42.4 Å². The number of aromatic amines is 1. The van der Waals surface area contributed by atoms with E-state index in [1.807, 2.05) is 12.1 Å². The largest absolute Gasteiger partial charge is 0.496 e. The number of benzene rings is 1. The van der Waals surface area contributed by atoms with Crippen LogP contribution in [0.15, 0.2) is 36.7 Å². The molecule has 170 valence electrons. The third-order valence-corrected chi connectivity index (χ3v) is 4.68. The van der Waals surface area contributed by atoms with Crippen LogP contribution >= 0.6 is 0 Å². The van der Waals surface area contributed by atoms with Gasteiger partial charge in [-0.15, -0.1) is 0 Å². The highest BCUT2D eigenvalue weighted by molar-refractivity contribution is 5.76. The second kappa shape index (κ2) is 9.40. The van der Waals surface area contributed by atoms with Gasteiger partial charge in [-0.05, 0) is 12.1 Å². The maximum Gasteiger partial charge on any atom is 0.434 e. The number of alkyl halides is 3. The van der Waals surface area contributed by atoms with E-state index in [0.717, 1.165) is 12.7 Å². The summed E-state index contributed by atoms with van der Waals surface area (Å²) in [5.41, 5.74) is 0.166. The van der Waals surface area contributed by atoms with Crippen LogP contribution in [0.1, 0.15) is 5.69 Å². The highest BCUT2D eigenvalue weighted by Crippen LogP contribution is 2.38. The summed E-state index contributed by atoms with van der Waals surface area (Å²) in [6.07, 6.45) is -2.97. The summed E-state index contributed by atoms with van der Waals surface area (Å²) in [4.78, 5) is 7.11. The molecule has 9 nitrogen and oxygen atoms in total. The summed E-state index contributed by atoms with van der Waals surface area (Å²) in [6.45, 7) is 2.49. The minimum Gasteiger partial charge on any atom is -0.496 e. The van der Waals surface area contributed by atoms with Crippen molar-refractivity contribution < 1.29 is 27.4 Å². The molecule has 4 rings (SSSR count). The van der Waals surface area contributed by atoms with E-state index >= 15 is 0 Å². The molecule has 0 saturated carbocycles. The molecule has 0 amide bonds. The number of halogens is 3. The first kappa shape index (κ1) is 21.8. The number of ether oxygens (including phenoxy) is 3. The number of hydrogen-bond donors (Lipinski definition) is 3. The van der Waals surface area contributed by atoms with Gasteiger partial charge in [-0.2, -0.15) is 18.3 Å². The lowest BCUT2D eigenvalue weighted by atomic mass is 10.1. The standard InChI is InChI=1S/C20H21F3N6O3/c1-30-14-3-2-4-15(32-11-12-8-24-5-6-31-12)19(14)13-7-17(29-28-13)27-18-10-25-16(9-26-18)20(21,22)23/h2-4,7,9-10,12,24H,5-6,8,11H2,1H3,(H2,26,27,28,29). The van der Waals surface area contributed by atoms with Crippen molar-refractivity contribution in [1.82, 2.24) is 25.5 Å². The van der Waals surface area contributed by atoms with Crippen molar-refractivity contribution in [3.8, 4) is 22.8 Å². The van der Waals surface area contributed by atoms with Crippen molar-refractivity contribution in [1.29, 1.82) is 0 Å². The molecule has 3 heterocycles. The molecule has 0 radical (unpaired) electrons. The number of H-pyrrole nitrogens is 1. The van der Waals surface area contributed by atoms with Gasteiger partial charge in [0.25, 0.3) is 0 Å². The van der Waals surface area contributed by atoms with Crippen LogP contribution in [-0.4, -0.2) is 59.7 Å². The van der Waals surface area contributed by atoms with E-state index in [4.69, 9.17) is 14.2 Å². The molecular weight excluding hydrogens is 429 g/mol. The van der Waals surface area contributed by atoms with Crippen LogP contribution in [0.3, 0.4) is 0 Å². The first-order chi connectivity index (χ1) is 15.4. The fourth-order valence-corrected chi connectivity index (χ4v) is 3.16. The Balaban J connectivity index is 1.52. The zero-order chi connectivity index (χ0) is 22.6. The van der Waals surface area contributed by atoms with Gasteiger partial charge < -0.3 is 24.8 Å². The van der Waals surface area contributed by atoms with Crippen molar-refractivity contribution in [2.24, 2.45) is 0 Å². The quantitative estimate of drug-likeness (QED) is 0.505. The van der Waals surface area contributed by atoms with Gasteiger partial charge in [0.05, 0.1) is 37.4 Å². The van der Waals surface area contributed by atoms with Crippen LogP contribution in [-0.2, 0) is 10.9 Å². The molecule has 1 aliphatic rings. The van der Waals surface area contributed by atoms with E-state index in [1.165, 1.54) is 0 Å². The summed E-state index contributed by atoms with van der Waals surface area (Å²) in [5.74, 6) is 1.60. The molecule has 0 bridgehead atoms. The highest BCUT2D eigenvalue weighted by atomic mass is 19.4. The fraction of sp³-hybridized carbons (Fsp3) is 0.350. The lowest BCUT2D eigenvalue weighted by molar-refractivity contribution is -0.141. The Morgan fingerprint density at radius 2 is 2.03 bits per heavy atom. The molecule has 1 saturated heterocycles.